The number of aryl methyl sites for hydroxylation is 1. The molecule has 3 N–H and O–H groups in total. The number of hydrogen-bond acceptors (Lipinski definition) is 7. The topological polar surface area (TPSA) is 117 Å². The molecule has 34 heavy (non-hydrogen) atoms. The SMILES string of the molecule is Cc1nc2sc(C(C)(C)O)nn2c1-c1ccc(C(F)(F)F)c(S(=O)(=O)NCC(O)C(F)(F)F)c1. The summed E-state index contributed by atoms with van der Waals surface area (Å²) in [6.45, 7) is 2.85. The summed E-state index contributed by atoms with van der Waals surface area (Å²) in [4.78, 5) is 3.18. The van der Waals surface area contributed by atoms with Crippen LogP contribution in [0.15, 0.2) is 23.1 Å². The van der Waals surface area contributed by atoms with Crippen molar-refractivity contribution in [2.45, 2.75) is 49.7 Å². The number of halogens is 6. The molecule has 16 heteroatoms. The predicted molar refractivity (Wildman–Crippen MR) is 109 cm³/mol. The highest BCUT2D eigenvalue weighted by molar-refractivity contribution is 7.89. The van der Waals surface area contributed by atoms with Crippen LogP contribution in [0.1, 0.15) is 30.1 Å². The first-order valence-corrected chi connectivity index (χ1v) is 11.7. The van der Waals surface area contributed by atoms with Crippen LogP contribution in [0.25, 0.3) is 16.2 Å². The van der Waals surface area contributed by atoms with Gasteiger partial charge in [0.05, 0.1) is 21.8 Å². The average Bonchev–Trinajstić information content (AvgIpc) is 3.20. The van der Waals surface area contributed by atoms with E-state index in [1.165, 1.54) is 30.0 Å². The highest BCUT2D eigenvalue weighted by Crippen LogP contribution is 2.38. The fourth-order valence-corrected chi connectivity index (χ4v) is 5.17. The van der Waals surface area contributed by atoms with Gasteiger partial charge in [0.25, 0.3) is 0 Å². The number of alkyl halides is 6. The lowest BCUT2D eigenvalue weighted by molar-refractivity contribution is -0.200. The summed E-state index contributed by atoms with van der Waals surface area (Å²) in [5.74, 6) is 0. The molecule has 0 saturated carbocycles. The summed E-state index contributed by atoms with van der Waals surface area (Å²) in [7, 11) is -5.14. The predicted octanol–water partition coefficient (Wildman–Crippen LogP) is 3.21. The Morgan fingerprint density at radius 3 is 2.32 bits per heavy atom. The zero-order chi connectivity index (χ0) is 25.9. The lowest BCUT2D eigenvalue weighted by Crippen LogP contribution is -2.41. The van der Waals surface area contributed by atoms with Crippen molar-refractivity contribution in [1.29, 1.82) is 0 Å². The molecule has 2 aromatic heterocycles. The number of nitrogens with zero attached hydrogens (tertiary/aromatic N) is 3. The van der Waals surface area contributed by atoms with Crippen LogP contribution in [-0.4, -0.2) is 52.1 Å². The molecule has 1 atom stereocenters. The Balaban J connectivity index is 2.15. The van der Waals surface area contributed by atoms with E-state index in [0.29, 0.717) is 12.1 Å². The molecule has 1 aromatic carbocycles. The monoisotopic (exact) mass is 532 g/mol. The van der Waals surface area contributed by atoms with E-state index in [-0.39, 0.29) is 26.9 Å². The Morgan fingerprint density at radius 2 is 1.79 bits per heavy atom. The van der Waals surface area contributed by atoms with E-state index in [4.69, 9.17) is 5.11 Å². The first kappa shape index (κ1) is 26.3. The fourth-order valence-electron chi connectivity index (χ4n) is 2.94. The maximum absolute atomic E-state index is 13.5. The van der Waals surface area contributed by atoms with Crippen LogP contribution >= 0.6 is 11.3 Å². The van der Waals surface area contributed by atoms with E-state index in [9.17, 15) is 39.9 Å². The van der Waals surface area contributed by atoms with Crippen LogP contribution in [-0.2, 0) is 21.8 Å². The van der Waals surface area contributed by atoms with Gasteiger partial charge in [-0.05, 0) is 32.9 Å². The van der Waals surface area contributed by atoms with Gasteiger partial charge in [-0.3, -0.25) is 0 Å². The molecule has 0 fully saturated rings. The van der Waals surface area contributed by atoms with E-state index in [1.807, 2.05) is 0 Å². The largest absolute Gasteiger partial charge is 0.417 e. The van der Waals surface area contributed by atoms with E-state index in [2.05, 4.69) is 10.1 Å². The average molecular weight is 532 g/mol. The van der Waals surface area contributed by atoms with Gasteiger partial charge in [0.2, 0.25) is 15.0 Å². The molecule has 0 aliphatic heterocycles. The third kappa shape index (κ3) is 5.19. The molecule has 0 radical (unpaired) electrons. The summed E-state index contributed by atoms with van der Waals surface area (Å²) >= 11 is 1.01. The summed E-state index contributed by atoms with van der Waals surface area (Å²) in [6, 6.07) is 2.10. The van der Waals surface area contributed by atoms with Gasteiger partial charge in [-0.15, -0.1) is 0 Å². The summed E-state index contributed by atoms with van der Waals surface area (Å²) in [5, 5.41) is 23.7. The minimum atomic E-state index is -5.18. The normalized spacial score (nSPS) is 14.7. The van der Waals surface area contributed by atoms with Crippen molar-refractivity contribution in [2.75, 3.05) is 6.54 Å². The lowest BCUT2D eigenvalue weighted by Gasteiger charge is -2.18. The number of rotatable bonds is 6. The number of imidazole rings is 1. The van der Waals surface area contributed by atoms with Gasteiger partial charge in [-0.1, -0.05) is 17.4 Å². The van der Waals surface area contributed by atoms with Crippen molar-refractivity contribution in [3.05, 3.63) is 34.5 Å². The van der Waals surface area contributed by atoms with Crippen LogP contribution in [0.5, 0.6) is 0 Å². The summed E-state index contributed by atoms with van der Waals surface area (Å²) in [5.41, 5.74) is -2.62. The van der Waals surface area contributed by atoms with Gasteiger partial charge in [0.15, 0.2) is 6.10 Å². The lowest BCUT2D eigenvalue weighted by atomic mass is 10.1. The zero-order valence-electron chi connectivity index (χ0n) is 17.7. The smallest absolute Gasteiger partial charge is 0.383 e. The molecule has 0 amide bonds. The van der Waals surface area contributed by atoms with Gasteiger partial charge in [-0.25, -0.2) is 22.6 Å². The Hall–Kier alpha value is -2.27. The summed E-state index contributed by atoms with van der Waals surface area (Å²) in [6.07, 6.45) is -13.4. The van der Waals surface area contributed by atoms with Gasteiger partial charge < -0.3 is 10.2 Å². The van der Waals surface area contributed by atoms with Crippen molar-refractivity contribution >= 4 is 26.3 Å². The molecule has 1 unspecified atom stereocenters. The van der Waals surface area contributed by atoms with Crippen LogP contribution < -0.4 is 4.72 Å². The number of aliphatic hydroxyl groups is 2. The Kier molecular flexibility index (Phi) is 6.54. The number of benzene rings is 1. The van der Waals surface area contributed by atoms with Crippen LogP contribution in [0, 0.1) is 6.92 Å². The van der Waals surface area contributed by atoms with Gasteiger partial charge in [0.1, 0.15) is 10.6 Å². The summed E-state index contributed by atoms with van der Waals surface area (Å²) < 4.78 is 106. The van der Waals surface area contributed by atoms with Crippen molar-refractivity contribution in [3.8, 4) is 11.3 Å². The molecule has 188 valence electrons. The Morgan fingerprint density at radius 1 is 1.18 bits per heavy atom. The second kappa shape index (κ2) is 8.44. The van der Waals surface area contributed by atoms with Gasteiger partial charge >= 0.3 is 12.4 Å². The Bertz CT molecular complexity index is 1320. The van der Waals surface area contributed by atoms with Crippen molar-refractivity contribution in [3.63, 3.8) is 0 Å². The number of aromatic nitrogens is 3. The van der Waals surface area contributed by atoms with Crippen molar-refractivity contribution in [1.82, 2.24) is 19.3 Å². The van der Waals surface area contributed by atoms with Crippen LogP contribution in [0.4, 0.5) is 26.3 Å². The molecule has 3 rings (SSSR count). The quantitative estimate of drug-likeness (QED) is 0.420. The molecule has 0 saturated heterocycles. The second-order valence-corrected chi connectivity index (χ2v) is 10.5. The van der Waals surface area contributed by atoms with Gasteiger partial charge in [-0.2, -0.15) is 31.4 Å². The number of fused-ring (bicyclic) bond motifs is 1. The number of aliphatic hydroxyl groups excluding tert-OH is 1. The molecule has 0 aliphatic carbocycles. The molecule has 2 heterocycles. The van der Waals surface area contributed by atoms with E-state index in [0.717, 1.165) is 17.4 Å². The van der Waals surface area contributed by atoms with E-state index in [1.54, 1.807) is 0 Å². The minimum absolute atomic E-state index is 0.0673. The number of sulfonamides is 1. The number of hydrogen-bond donors (Lipinski definition) is 3. The third-order valence-corrected chi connectivity index (χ3v) is 7.28. The molecule has 8 nitrogen and oxygen atoms in total. The first-order chi connectivity index (χ1) is 15.3. The molecular weight excluding hydrogens is 514 g/mol. The molecule has 3 aromatic rings. The highest BCUT2D eigenvalue weighted by Gasteiger charge is 2.41. The Labute approximate surface area is 192 Å². The fraction of sp³-hybridized carbons (Fsp3) is 0.444. The molecule has 0 aliphatic rings. The molecule has 0 spiro atoms. The third-order valence-electron chi connectivity index (χ3n) is 4.60. The molecular formula is C18H18F6N4O4S2. The van der Waals surface area contributed by atoms with E-state index >= 15 is 0 Å². The van der Waals surface area contributed by atoms with Crippen LogP contribution in [0.3, 0.4) is 0 Å². The molecule has 0 bridgehead atoms. The highest BCUT2D eigenvalue weighted by atomic mass is 32.2. The van der Waals surface area contributed by atoms with Crippen LogP contribution in [0.2, 0.25) is 0 Å². The number of nitrogens with one attached hydrogen (secondary N) is 1. The second-order valence-electron chi connectivity index (χ2n) is 7.82. The minimum Gasteiger partial charge on any atom is -0.383 e. The van der Waals surface area contributed by atoms with E-state index < -0.39 is 51.1 Å². The zero-order valence-corrected chi connectivity index (χ0v) is 19.3. The van der Waals surface area contributed by atoms with Crippen molar-refractivity contribution in [2.24, 2.45) is 0 Å². The maximum atomic E-state index is 13.5. The standard InChI is InChI=1S/C18H18F6N4O4S2/c1-8-13(28-15(26-8)33-14(27-28)16(2,3)30)9-4-5-10(17(19,20)21)11(6-9)34(31,32)25-7-12(29)18(22,23)24/h4-6,12,25,29-30H,7H2,1-3H3. The van der Waals surface area contributed by atoms with Crippen molar-refractivity contribution < 1.29 is 45.0 Å². The maximum Gasteiger partial charge on any atom is 0.417 e. The first-order valence-electron chi connectivity index (χ1n) is 9.37. The van der Waals surface area contributed by atoms with Gasteiger partial charge in [0, 0.05) is 12.1 Å².